The van der Waals surface area contributed by atoms with Gasteiger partial charge in [-0.3, -0.25) is 0 Å². The van der Waals surface area contributed by atoms with Gasteiger partial charge in [-0.25, -0.2) is 4.79 Å². The van der Waals surface area contributed by atoms with Crippen molar-refractivity contribution < 1.29 is 9.53 Å². The molecule has 1 aromatic carbocycles. The molecule has 2 unspecified atom stereocenters. The van der Waals surface area contributed by atoms with Crippen molar-refractivity contribution in [3.63, 3.8) is 0 Å². The molecule has 0 heterocycles. The standard InChI is InChI=1S/C15H18N2O2/c1-19-15(18)12-7-5-11(6-8-12)10-17-14-4-2-3-13(14)9-16/h5-8,13-14,17H,2-4,10H2,1H3. The Bertz CT molecular complexity index is 476. The van der Waals surface area contributed by atoms with E-state index in [0.29, 0.717) is 11.6 Å². The molecule has 0 bridgehead atoms. The highest BCUT2D eigenvalue weighted by molar-refractivity contribution is 5.89. The first-order chi connectivity index (χ1) is 9.24. The van der Waals surface area contributed by atoms with E-state index < -0.39 is 0 Å². The van der Waals surface area contributed by atoms with Crippen LogP contribution in [0.2, 0.25) is 0 Å². The predicted molar refractivity (Wildman–Crippen MR) is 71.4 cm³/mol. The SMILES string of the molecule is COC(=O)c1ccc(CNC2CCCC2C#N)cc1. The van der Waals surface area contributed by atoms with Crippen molar-refractivity contribution in [1.29, 1.82) is 5.26 Å². The molecule has 1 aliphatic carbocycles. The highest BCUT2D eigenvalue weighted by Crippen LogP contribution is 2.25. The van der Waals surface area contributed by atoms with Crippen LogP contribution in [0.15, 0.2) is 24.3 Å². The Morgan fingerprint density at radius 1 is 1.42 bits per heavy atom. The Morgan fingerprint density at radius 3 is 2.79 bits per heavy atom. The highest BCUT2D eigenvalue weighted by Gasteiger charge is 2.26. The van der Waals surface area contributed by atoms with E-state index >= 15 is 0 Å². The minimum absolute atomic E-state index is 0.134. The number of carbonyl (C=O) groups is 1. The molecule has 19 heavy (non-hydrogen) atoms. The second kappa shape index (κ2) is 6.35. The summed E-state index contributed by atoms with van der Waals surface area (Å²) < 4.78 is 4.66. The summed E-state index contributed by atoms with van der Waals surface area (Å²) >= 11 is 0. The summed E-state index contributed by atoms with van der Waals surface area (Å²) in [7, 11) is 1.37. The number of benzene rings is 1. The summed E-state index contributed by atoms with van der Waals surface area (Å²) in [5.41, 5.74) is 1.67. The van der Waals surface area contributed by atoms with Gasteiger partial charge in [-0.15, -0.1) is 0 Å². The van der Waals surface area contributed by atoms with Crippen molar-refractivity contribution >= 4 is 5.97 Å². The molecule has 0 aliphatic heterocycles. The lowest BCUT2D eigenvalue weighted by atomic mass is 10.1. The Hall–Kier alpha value is -1.86. The third kappa shape index (κ3) is 3.33. The lowest BCUT2D eigenvalue weighted by Gasteiger charge is -2.15. The van der Waals surface area contributed by atoms with Crippen LogP contribution < -0.4 is 5.32 Å². The van der Waals surface area contributed by atoms with Crippen LogP contribution in [0.25, 0.3) is 0 Å². The molecule has 4 heteroatoms. The van der Waals surface area contributed by atoms with E-state index in [1.165, 1.54) is 7.11 Å². The summed E-state index contributed by atoms with van der Waals surface area (Å²) in [4.78, 5) is 11.3. The average Bonchev–Trinajstić information content (AvgIpc) is 2.92. The van der Waals surface area contributed by atoms with Crippen molar-refractivity contribution in [3.8, 4) is 6.07 Å². The topological polar surface area (TPSA) is 62.1 Å². The lowest BCUT2D eigenvalue weighted by Crippen LogP contribution is -2.31. The van der Waals surface area contributed by atoms with Crippen LogP contribution in [0.3, 0.4) is 0 Å². The van der Waals surface area contributed by atoms with Gasteiger partial charge < -0.3 is 10.1 Å². The second-order valence-electron chi connectivity index (χ2n) is 4.84. The smallest absolute Gasteiger partial charge is 0.337 e. The van der Waals surface area contributed by atoms with Crippen LogP contribution in [0.1, 0.15) is 35.2 Å². The van der Waals surface area contributed by atoms with Crippen molar-refractivity contribution in [2.24, 2.45) is 5.92 Å². The third-order valence-electron chi connectivity index (χ3n) is 3.63. The van der Waals surface area contributed by atoms with Crippen molar-refractivity contribution in [2.75, 3.05) is 7.11 Å². The molecule has 1 aromatic rings. The van der Waals surface area contributed by atoms with E-state index in [1.807, 2.05) is 12.1 Å². The molecule has 1 N–H and O–H groups in total. The van der Waals surface area contributed by atoms with Gasteiger partial charge in [0.25, 0.3) is 0 Å². The molecular weight excluding hydrogens is 240 g/mol. The number of nitrogens with zero attached hydrogens (tertiary/aromatic N) is 1. The van der Waals surface area contributed by atoms with E-state index in [4.69, 9.17) is 5.26 Å². The van der Waals surface area contributed by atoms with Crippen LogP contribution in [0.4, 0.5) is 0 Å². The molecule has 0 spiro atoms. The second-order valence-corrected chi connectivity index (χ2v) is 4.84. The van der Waals surface area contributed by atoms with Crippen LogP contribution in [0, 0.1) is 17.2 Å². The normalized spacial score (nSPS) is 21.9. The highest BCUT2D eigenvalue weighted by atomic mass is 16.5. The van der Waals surface area contributed by atoms with E-state index in [2.05, 4.69) is 16.1 Å². The monoisotopic (exact) mass is 258 g/mol. The number of esters is 1. The third-order valence-corrected chi connectivity index (χ3v) is 3.63. The Balaban J connectivity index is 1.90. The quantitative estimate of drug-likeness (QED) is 0.841. The minimum Gasteiger partial charge on any atom is -0.465 e. The number of ether oxygens (including phenoxy) is 1. The molecule has 0 radical (unpaired) electrons. The molecule has 2 atom stereocenters. The Morgan fingerprint density at radius 2 is 2.16 bits per heavy atom. The van der Waals surface area contributed by atoms with E-state index in [0.717, 1.165) is 31.4 Å². The number of methoxy groups -OCH3 is 1. The Kier molecular flexibility index (Phi) is 4.53. The van der Waals surface area contributed by atoms with E-state index in [9.17, 15) is 4.79 Å². The summed E-state index contributed by atoms with van der Waals surface area (Å²) in [5.74, 6) is -0.186. The first-order valence-electron chi connectivity index (χ1n) is 6.55. The van der Waals surface area contributed by atoms with Gasteiger partial charge in [0.15, 0.2) is 0 Å². The summed E-state index contributed by atoms with van der Waals surface area (Å²) in [6.45, 7) is 0.726. The lowest BCUT2D eigenvalue weighted by molar-refractivity contribution is 0.0600. The van der Waals surface area contributed by atoms with Gasteiger partial charge in [0, 0.05) is 12.6 Å². The molecule has 1 saturated carbocycles. The van der Waals surface area contributed by atoms with Crippen LogP contribution in [-0.4, -0.2) is 19.1 Å². The number of nitriles is 1. The van der Waals surface area contributed by atoms with Gasteiger partial charge in [-0.1, -0.05) is 18.6 Å². The average molecular weight is 258 g/mol. The molecule has 1 aliphatic rings. The summed E-state index contributed by atoms with van der Waals surface area (Å²) in [6, 6.07) is 10.0. The maximum Gasteiger partial charge on any atom is 0.337 e. The van der Waals surface area contributed by atoms with Gasteiger partial charge in [0.1, 0.15) is 0 Å². The number of hydrogen-bond donors (Lipinski definition) is 1. The van der Waals surface area contributed by atoms with Gasteiger partial charge in [0.2, 0.25) is 0 Å². The molecule has 100 valence electrons. The Labute approximate surface area is 113 Å². The van der Waals surface area contributed by atoms with Gasteiger partial charge in [-0.2, -0.15) is 5.26 Å². The maximum atomic E-state index is 11.3. The van der Waals surface area contributed by atoms with Crippen molar-refractivity contribution in [1.82, 2.24) is 5.32 Å². The van der Waals surface area contributed by atoms with Gasteiger partial charge in [0.05, 0.1) is 24.7 Å². The molecule has 0 aromatic heterocycles. The number of carbonyl (C=O) groups excluding carboxylic acids is 1. The van der Waals surface area contributed by atoms with Crippen molar-refractivity contribution in [3.05, 3.63) is 35.4 Å². The largest absolute Gasteiger partial charge is 0.465 e. The zero-order chi connectivity index (χ0) is 13.7. The zero-order valence-electron chi connectivity index (χ0n) is 11.1. The van der Waals surface area contributed by atoms with Crippen LogP contribution >= 0.6 is 0 Å². The molecule has 1 fully saturated rings. The van der Waals surface area contributed by atoms with E-state index in [-0.39, 0.29) is 11.9 Å². The molecular formula is C15H18N2O2. The number of hydrogen-bond acceptors (Lipinski definition) is 4. The zero-order valence-corrected chi connectivity index (χ0v) is 11.1. The first-order valence-corrected chi connectivity index (χ1v) is 6.55. The predicted octanol–water partition coefficient (Wildman–Crippen LogP) is 2.26. The van der Waals surface area contributed by atoms with Crippen LogP contribution in [0.5, 0.6) is 0 Å². The van der Waals surface area contributed by atoms with Gasteiger partial charge in [-0.05, 0) is 30.5 Å². The molecule has 4 nitrogen and oxygen atoms in total. The fraction of sp³-hybridized carbons (Fsp3) is 0.467. The number of rotatable bonds is 4. The fourth-order valence-corrected chi connectivity index (χ4v) is 2.48. The summed E-state index contributed by atoms with van der Waals surface area (Å²) in [5, 5.41) is 12.4. The van der Waals surface area contributed by atoms with E-state index in [1.54, 1.807) is 12.1 Å². The minimum atomic E-state index is -0.320. The number of nitrogens with one attached hydrogen (secondary N) is 1. The van der Waals surface area contributed by atoms with Crippen molar-refractivity contribution in [2.45, 2.75) is 31.8 Å². The first kappa shape index (κ1) is 13.6. The van der Waals surface area contributed by atoms with Crippen LogP contribution in [-0.2, 0) is 11.3 Å². The summed E-state index contributed by atoms with van der Waals surface area (Å²) in [6.07, 6.45) is 3.19. The molecule has 2 rings (SSSR count). The molecule has 0 amide bonds. The van der Waals surface area contributed by atoms with Gasteiger partial charge >= 0.3 is 5.97 Å². The fourth-order valence-electron chi connectivity index (χ4n) is 2.48. The molecule has 0 saturated heterocycles. The maximum absolute atomic E-state index is 11.3.